The number of hydrogen-bond donors (Lipinski definition) is 0. The first-order chi connectivity index (χ1) is 11.7. The molecule has 3 fully saturated rings. The Morgan fingerprint density at radius 2 is 2.21 bits per heavy atom. The highest BCUT2D eigenvalue weighted by Gasteiger charge is 2.51. The summed E-state index contributed by atoms with van der Waals surface area (Å²) < 4.78 is 13.7. The molecule has 0 saturated carbocycles. The van der Waals surface area contributed by atoms with Gasteiger partial charge < -0.3 is 18.9 Å². The SMILES string of the molecule is Cn1cccc1C(=O)N1CC2(C[C@H](OCC3CCOCC3)CS2)C1. The Morgan fingerprint density at radius 1 is 1.42 bits per heavy atom. The zero-order chi connectivity index (χ0) is 16.6. The molecule has 0 radical (unpaired) electrons. The highest BCUT2D eigenvalue weighted by Crippen LogP contribution is 2.46. The molecule has 132 valence electrons. The van der Waals surface area contributed by atoms with Crippen LogP contribution in [0.25, 0.3) is 0 Å². The highest BCUT2D eigenvalue weighted by molar-refractivity contribution is 8.01. The van der Waals surface area contributed by atoms with Gasteiger partial charge in [-0.25, -0.2) is 0 Å². The Labute approximate surface area is 147 Å². The van der Waals surface area contributed by atoms with E-state index in [9.17, 15) is 4.79 Å². The molecular formula is C18H26N2O3S. The minimum atomic E-state index is 0.153. The summed E-state index contributed by atoms with van der Waals surface area (Å²) in [6, 6.07) is 3.82. The van der Waals surface area contributed by atoms with Crippen molar-refractivity contribution in [2.45, 2.75) is 30.1 Å². The Bertz CT molecular complexity index is 591. The van der Waals surface area contributed by atoms with Crippen LogP contribution in [0.1, 0.15) is 29.8 Å². The zero-order valence-corrected chi connectivity index (χ0v) is 15.1. The van der Waals surface area contributed by atoms with Gasteiger partial charge in [0.2, 0.25) is 0 Å². The summed E-state index contributed by atoms with van der Waals surface area (Å²) in [4.78, 5) is 14.5. The van der Waals surface area contributed by atoms with Gasteiger partial charge in [-0.15, -0.1) is 11.8 Å². The first kappa shape index (κ1) is 16.5. The van der Waals surface area contributed by atoms with Gasteiger partial charge in [0.1, 0.15) is 5.69 Å². The van der Waals surface area contributed by atoms with E-state index in [0.29, 0.717) is 12.0 Å². The molecule has 3 saturated heterocycles. The maximum Gasteiger partial charge on any atom is 0.270 e. The largest absolute Gasteiger partial charge is 0.381 e. The predicted molar refractivity (Wildman–Crippen MR) is 94.4 cm³/mol. The summed E-state index contributed by atoms with van der Waals surface area (Å²) in [6.07, 6.45) is 5.61. The van der Waals surface area contributed by atoms with Gasteiger partial charge in [0, 0.05) is 51.9 Å². The van der Waals surface area contributed by atoms with Gasteiger partial charge in [-0.3, -0.25) is 4.79 Å². The molecule has 0 N–H and O–H groups in total. The molecule has 1 aromatic rings. The van der Waals surface area contributed by atoms with Crippen LogP contribution in [0.15, 0.2) is 18.3 Å². The van der Waals surface area contributed by atoms with E-state index in [1.165, 1.54) is 0 Å². The number of amides is 1. The first-order valence-corrected chi connectivity index (χ1v) is 9.88. The molecule has 0 unspecified atom stereocenters. The number of hydrogen-bond acceptors (Lipinski definition) is 4. The minimum absolute atomic E-state index is 0.153. The number of aryl methyl sites for hydroxylation is 1. The molecule has 0 bridgehead atoms. The third-order valence-electron chi connectivity index (χ3n) is 5.49. The highest BCUT2D eigenvalue weighted by atomic mass is 32.2. The van der Waals surface area contributed by atoms with Crippen LogP contribution in [0.2, 0.25) is 0 Å². The van der Waals surface area contributed by atoms with E-state index in [4.69, 9.17) is 9.47 Å². The van der Waals surface area contributed by atoms with E-state index in [-0.39, 0.29) is 10.7 Å². The molecule has 0 aromatic carbocycles. The molecule has 3 aliphatic heterocycles. The van der Waals surface area contributed by atoms with Crippen LogP contribution in [-0.4, -0.2) is 64.9 Å². The number of likely N-dealkylation sites (tertiary alicyclic amines) is 1. The van der Waals surface area contributed by atoms with Crippen LogP contribution >= 0.6 is 11.8 Å². The molecule has 1 aromatic heterocycles. The lowest BCUT2D eigenvalue weighted by Crippen LogP contribution is -2.61. The monoisotopic (exact) mass is 350 g/mol. The van der Waals surface area contributed by atoms with Crippen LogP contribution in [0.3, 0.4) is 0 Å². The third-order valence-corrected chi connectivity index (χ3v) is 7.07. The van der Waals surface area contributed by atoms with Crippen molar-refractivity contribution >= 4 is 17.7 Å². The van der Waals surface area contributed by atoms with Crippen molar-refractivity contribution in [2.75, 3.05) is 38.7 Å². The van der Waals surface area contributed by atoms with E-state index in [1.807, 2.05) is 46.6 Å². The predicted octanol–water partition coefficient (Wildman–Crippen LogP) is 2.17. The van der Waals surface area contributed by atoms with Gasteiger partial charge in [0.05, 0.1) is 10.9 Å². The summed E-state index contributed by atoms with van der Waals surface area (Å²) >= 11 is 2.00. The lowest BCUT2D eigenvalue weighted by atomic mass is 9.92. The molecule has 1 amide bonds. The molecule has 4 heterocycles. The van der Waals surface area contributed by atoms with Crippen LogP contribution < -0.4 is 0 Å². The van der Waals surface area contributed by atoms with Crippen LogP contribution in [0.4, 0.5) is 0 Å². The lowest BCUT2D eigenvalue weighted by molar-refractivity contribution is -0.0119. The maximum atomic E-state index is 12.5. The second kappa shape index (κ2) is 6.73. The number of carbonyl (C=O) groups is 1. The quantitative estimate of drug-likeness (QED) is 0.835. The second-order valence-electron chi connectivity index (χ2n) is 7.37. The number of aromatic nitrogens is 1. The summed E-state index contributed by atoms with van der Waals surface area (Å²) in [5.74, 6) is 1.88. The fraction of sp³-hybridized carbons (Fsp3) is 0.722. The third kappa shape index (κ3) is 3.24. The average molecular weight is 350 g/mol. The summed E-state index contributed by atoms with van der Waals surface area (Å²) in [6.45, 7) is 4.36. The molecule has 5 nitrogen and oxygen atoms in total. The second-order valence-corrected chi connectivity index (χ2v) is 8.86. The van der Waals surface area contributed by atoms with Crippen molar-refractivity contribution in [3.05, 3.63) is 24.0 Å². The zero-order valence-electron chi connectivity index (χ0n) is 14.3. The summed E-state index contributed by atoms with van der Waals surface area (Å²) in [5, 5.41) is 0. The molecule has 6 heteroatoms. The van der Waals surface area contributed by atoms with Crippen molar-refractivity contribution in [1.29, 1.82) is 0 Å². The first-order valence-electron chi connectivity index (χ1n) is 8.89. The number of nitrogens with zero attached hydrogens (tertiary/aromatic N) is 2. The van der Waals surface area contributed by atoms with E-state index in [0.717, 1.165) is 63.6 Å². The van der Waals surface area contributed by atoms with Gasteiger partial charge in [-0.1, -0.05) is 0 Å². The molecule has 4 rings (SSSR count). The van der Waals surface area contributed by atoms with Crippen molar-refractivity contribution in [2.24, 2.45) is 13.0 Å². The van der Waals surface area contributed by atoms with Crippen molar-refractivity contribution in [3.63, 3.8) is 0 Å². The topological polar surface area (TPSA) is 43.7 Å². The van der Waals surface area contributed by atoms with E-state index < -0.39 is 0 Å². The van der Waals surface area contributed by atoms with Crippen LogP contribution in [0.5, 0.6) is 0 Å². The summed E-state index contributed by atoms with van der Waals surface area (Å²) in [5.41, 5.74) is 0.778. The summed E-state index contributed by atoms with van der Waals surface area (Å²) in [7, 11) is 1.92. The Morgan fingerprint density at radius 3 is 2.92 bits per heavy atom. The molecule has 3 aliphatic rings. The molecule has 0 aliphatic carbocycles. The lowest BCUT2D eigenvalue weighted by Gasteiger charge is -2.47. The Hall–Kier alpha value is -0.980. The fourth-order valence-corrected chi connectivity index (χ4v) is 5.50. The van der Waals surface area contributed by atoms with Crippen LogP contribution in [0, 0.1) is 5.92 Å². The maximum absolute atomic E-state index is 12.5. The van der Waals surface area contributed by atoms with Gasteiger partial charge in [0.15, 0.2) is 0 Å². The number of thioether (sulfide) groups is 1. The van der Waals surface area contributed by atoms with Gasteiger partial charge >= 0.3 is 0 Å². The van der Waals surface area contributed by atoms with Gasteiger partial charge in [-0.05, 0) is 37.3 Å². The Kier molecular flexibility index (Phi) is 4.62. The standard InChI is InChI=1S/C18H26N2O3S/c1-19-6-2-3-16(19)17(21)20-12-18(13-20)9-15(11-24-18)23-10-14-4-7-22-8-5-14/h2-3,6,14-15H,4-5,7-13H2,1H3/t15-/m0/s1. The molecule has 1 spiro atoms. The van der Waals surface area contributed by atoms with Crippen molar-refractivity contribution in [3.8, 4) is 0 Å². The molecular weight excluding hydrogens is 324 g/mol. The fourth-order valence-electron chi connectivity index (χ4n) is 3.95. The Balaban J connectivity index is 1.24. The van der Waals surface area contributed by atoms with E-state index in [1.54, 1.807) is 0 Å². The van der Waals surface area contributed by atoms with Gasteiger partial charge in [-0.2, -0.15) is 0 Å². The number of carbonyl (C=O) groups excluding carboxylic acids is 1. The minimum Gasteiger partial charge on any atom is -0.381 e. The number of ether oxygens (including phenoxy) is 2. The van der Waals surface area contributed by atoms with Crippen molar-refractivity contribution < 1.29 is 14.3 Å². The van der Waals surface area contributed by atoms with Gasteiger partial charge in [0.25, 0.3) is 5.91 Å². The van der Waals surface area contributed by atoms with Crippen LogP contribution in [-0.2, 0) is 16.5 Å². The van der Waals surface area contributed by atoms with Crippen molar-refractivity contribution in [1.82, 2.24) is 9.47 Å². The smallest absolute Gasteiger partial charge is 0.270 e. The normalized spacial score (nSPS) is 26.7. The average Bonchev–Trinajstić information content (AvgIpc) is 3.18. The van der Waals surface area contributed by atoms with E-state index in [2.05, 4.69) is 0 Å². The number of rotatable bonds is 4. The molecule has 1 atom stereocenters. The molecule has 24 heavy (non-hydrogen) atoms. The van der Waals surface area contributed by atoms with E-state index >= 15 is 0 Å².